The van der Waals surface area contributed by atoms with Gasteiger partial charge in [0, 0.05) is 48.8 Å². The molecule has 38 heavy (non-hydrogen) atoms. The molecule has 8 nitrogen and oxygen atoms in total. The van der Waals surface area contributed by atoms with Crippen LogP contribution >= 0.6 is 22.9 Å². The third-order valence-corrected chi connectivity index (χ3v) is 7.62. The van der Waals surface area contributed by atoms with E-state index in [1.165, 1.54) is 23.5 Å². The van der Waals surface area contributed by atoms with Crippen molar-refractivity contribution in [2.75, 3.05) is 19.7 Å². The van der Waals surface area contributed by atoms with Gasteiger partial charge in [0.05, 0.1) is 21.3 Å². The Kier molecular flexibility index (Phi) is 7.48. The molecule has 5 rings (SSSR count). The number of thiazole rings is 1. The van der Waals surface area contributed by atoms with Crippen LogP contribution in [0, 0.1) is 5.82 Å². The van der Waals surface area contributed by atoms with Crippen molar-refractivity contribution in [3.63, 3.8) is 0 Å². The molecule has 0 spiro atoms. The summed E-state index contributed by atoms with van der Waals surface area (Å²) in [6.45, 7) is 0.589. The third-order valence-electron chi connectivity index (χ3n) is 6.29. The van der Waals surface area contributed by atoms with E-state index in [-0.39, 0.29) is 35.0 Å². The van der Waals surface area contributed by atoms with Crippen molar-refractivity contribution in [1.82, 2.24) is 19.9 Å². The minimum absolute atomic E-state index is 0.150. The molecule has 14 heteroatoms. The molecule has 2 aromatic heterocycles. The Labute approximate surface area is 223 Å². The maximum absolute atomic E-state index is 14.2. The Bertz CT molecular complexity index is 1320. The molecular formula is C24H20ClF4N5O3S. The maximum Gasteiger partial charge on any atom is 0.419 e. The number of hydrogen-bond acceptors (Lipinski definition) is 8. The highest BCUT2D eigenvalue weighted by atomic mass is 35.5. The number of hydrogen-bond donors (Lipinski definition) is 0. The fourth-order valence-electron chi connectivity index (χ4n) is 4.24. The van der Waals surface area contributed by atoms with Crippen LogP contribution in [0.4, 0.5) is 17.6 Å². The first-order valence-corrected chi connectivity index (χ1v) is 12.9. The number of carbonyl (C=O) groups excluding carboxylic acids is 1. The number of rotatable bonds is 6. The molecular weight excluding hydrogens is 550 g/mol. The lowest BCUT2D eigenvalue weighted by Crippen LogP contribution is -2.40. The normalized spacial score (nSPS) is 18.3. The van der Waals surface area contributed by atoms with Crippen LogP contribution in [0.5, 0.6) is 6.01 Å². The number of nitrogens with zero attached hydrogens (tertiary/aromatic N) is 5. The number of amides is 1. The molecule has 1 saturated heterocycles. The van der Waals surface area contributed by atoms with Gasteiger partial charge in [-0.05, 0) is 25.0 Å². The van der Waals surface area contributed by atoms with E-state index in [2.05, 4.69) is 15.1 Å². The zero-order valence-corrected chi connectivity index (χ0v) is 21.2. The molecule has 0 aliphatic carbocycles. The topological polar surface area (TPSA) is 89.8 Å². The Morgan fingerprint density at radius 1 is 1.21 bits per heavy atom. The average molecular weight is 570 g/mol. The summed E-state index contributed by atoms with van der Waals surface area (Å²) < 4.78 is 57.2. The molecule has 1 fully saturated rings. The van der Waals surface area contributed by atoms with Crippen molar-refractivity contribution in [2.45, 2.75) is 37.5 Å². The van der Waals surface area contributed by atoms with Crippen molar-refractivity contribution >= 4 is 34.6 Å². The van der Waals surface area contributed by atoms with E-state index >= 15 is 0 Å². The van der Waals surface area contributed by atoms with Gasteiger partial charge in [-0.25, -0.2) is 19.3 Å². The smallest absolute Gasteiger partial charge is 0.419 e. The summed E-state index contributed by atoms with van der Waals surface area (Å²) in [5, 5.41) is 7.19. The van der Waals surface area contributed by atoms with Crippen molar-refractivity contribution in [2.24, 2.45) is 5.16 Å². The SMILES string of the molecule is O=C(COc1ncc(C(F)(F)F)cn1)N1CCC(c2nc(C3=NOC(c4c(F)cccc4Cl)C3)cs2)CC1. The average Bonchev–Trinajstić information content (AvgIpc) is 3.57. The zero-order chi connectivity index (χ0) is 26.9. The molecule has 1 unspecified atom stereocenters. The third kappa shape index (κ3) is 5.73. The van der Waals surface area contributed by atoms with Crippen LogP contribution in [0.1, 0.15) is 53.1 Å². The molecule has 0 saturated carbocycles. The lowest BCUT2D eigenvalue weighted by molar-refractivity contribution is -0.138. The van der Waals surface area contributed by atoms with Crippen molar-refractivity contribution < 1.29 is 31.9 Å². The van der Waals surface area contributed by atoms with Gasteiger partial charge in [0.15, 0.2) is 12.7 Å². The second-order valence-electron chi connectivity index (χ2n) is 8.74. The molecule has 4 heterocycles. The largest absolute Gasteiger partial charge is 0.453 e. The van der Waals surface area contributed by atoms with E-state index in [1.807, 2.05) is 5.38 Å². The Hall–Kier alpha value is -3.32. The van der Waals surface area contributed by atoms with Crippen molar-refractivity contribution in [1.29, 1.82) is 0 Å². The number of alkyl halides is 3. The first kappa shape index (κ1) is 26.3. The van der Waals surface area contributed by atoms with E-state index in [4.69, 9.17) is 26.2 Å². The standard InChI is InChI=1S/C24H20ClF4N5O3S/c25-15-2-1-3-16(26)21(15)19-8-17(33-37-19)18-12-38-22(32-18)13-4-6-34(7-5-13)20(35)11-36-23-30-9-14(10-31-23)24(27,28)29/h1-3,9-10,12-13,19H,4-8,11H2. The van der Waals surface area contributed by atoms with Crippen LogP contribution in [0.2, 0.25) is 5.02 Å². The van der Waals surface area contributed by atoms with Crippen LogP contribution in [0.25, 0.3) is 0 Å². The highest BCUT2D eigenvalue weighted by Crippen LogP contribution is 2.37. The van der Waals surface area contributed by atoms with Crippen LogP contribution < -0.4 is 4.74 Å². The fourth-order valence-corrected chi connectivity index (χ4v) is 5.53. The number of likely N-dealkylation sites (tertiary alicyclic amines) is 1. The van der Waals surface area contributed by atoms with Crippen LogP contribution in [-0.2, 0) is 15.8 Å². The summed E-state index contributed by atoms with van der Waals surface area (Å²) in [6.07, 6.45) is -2.23. The van der Waals surface area contributed by atoms with Crippen LogP contribution in [0.3, 0.4) is 0 Å². The maximum atomic E-state index is 14.2. The molecule has 0 radical (unpaired) electrons. The number of piperidine rings is 1. The monoisotopic (exact) mass is 569 g/mol. The van der Waals surface area contributed by atoms with Gasteiger partial charge in [-0.15, -0.1) is 11.3 Å². The second-order valence-corrected chi connectivity index (χ2v) is 10.0. The number of ether oxygens (including phenoxy) is 1. The quantitative estimate of drug-likeness (QED) is 0.370. The summed E-state index contributed by atoms with van der Waals surface area (Å²) in [5.74, 6) is -0.602. The summed E-state index contributed by atoms with van der Waals surface area (Å²) >= 11 is 7.64. The van der Waals surface area contributed by atoms with Crippen molar-refractivity contribution in [3.05, 3.63) is 68.6 Å². The van der Waals surface area contributed by atoms with Crippen molar-refractivity contribution in [3.8, 4) is 6.01 Å². The number of carbonyl (C=O) groups is 1. The summed E-state index contributed by atoms with van der Waals surface area (Å²) in [7, 11) is 0. The van der Waals surface area contributed by atoms with E-state index in [1.54, 1.807) is 11.0 Å². The minimum Gasteiger partial charge on any atom is -0.453 e. The lowest BCUT2D eigenvalue weighted by atomic mass is 9.97. The summed E-state index contributed by atoms with van der Waals surface area (Å²) in [4.78, 5) is 31.3. The minimum atomic E-state index is -4.55. The molecule has 1 amide bonds. The van der Waals surface area contributed by atoms with Gasteiger partial charge >= 0.3 is 12.2 Å². The lowest BCUT2D eigenvalue weighted by Gasteiger charge is -2.31. The first-order valence-electron chi connectivity index (χ1n) is 11.6. The fraction of sp³-hybridized carbons (Fsp3) is 0.375. The number of benzene rings is 1. The van der Waals surface area contributed by atoms with Crippen LogP contribution in [0.15, 0.2) is 41.1 Å². The molecule has 2 aliphatic rings. The highest BCUT2D eigenvalue weighted by molar-refractivity contribution is 7.10. The summed E-state index contributed by atoms with van der Waals surface area (Å²) in [6, 6.07) is 4.17. The number of oxime groups is 1. The Morgan fingerprint density at radius 3 is 2.63 bits per heavy atom. The Balaban J connectivity index is 1.11. The van der Waals surface area contributed by atoms with Gasteiger partial charge in [0.1, 0.15) is 11.5 Å². The Morgan fingerprint density at radius 2 is 1.95 bits per heavy atom. The van der Waals surface area contributed by atoms with E-state index in [0.717, 1.165) is 5.01 Å². The van der Waals surface area contributed by atoms with Crippen LogP contribution in [-0.4, -0.2) is 51.2 Å². The molecule has 2 aliphatic heterocycles. The molecule has 1 atom stereocenters. The predicted octanol–water partition coefficient (Wildman–Crippen LogP) is 5.40. The van der Waals surface area contributed by atoms with E-state index in [9.17, 15) is 22.4 Å². The van der Waals surface area contributed by atoms with E-state index in [0.29, 0.717) is 56.2 Å². The molecule has 3 aromatic rings. The van der Waals surface area contributed by atoms with Gasteiger partial charge < -0.3 is 14.5 Å². The number of halogens is 5. The van der Waals surface area contributed by atoms with Gasteiger partial charge in [-0.1, -0.05) is 22.8 Å². The van der Waals surface area contributed by atoms with Gasteiger partial charge in [0.2, 0.25) is 0 Å². The van der Waals surface area contributed by atoms with Gasteiger partial charge in [-0.2, -0.15) is 13.2 Å². The number of aromatic nitrogens is 3. The molecule has 0 bridgehead atoms. The summed E-state index contributed by atoms with van der Waals surface area (Å²) in [5.41, 5.74) is 0.565. The molecule has 200 valence electrons. The second kappa shape index (κ2) is 10.8. The first-order chi connectivity index (χ1) is 18.2. The zero-order valence-electron chi connectivity index (χ0n) is 19.6. The highest BCUT2D eigenvalue weighted by Gasteiger charge is 2.32. The van der Waals surface area contributed by atoms with E-state index < -0.39 is 23.7 Å². The van der Waals surface area contributed by atoms with Gasteiger partial charge in [-0.3, -0.25) is 4.79 Å². The van der Waals surface area contributed by atoms with Gasteiger partial charge in [0.25, 0.3) is 5.91 Å². The molecule has 1 aromatic carbocycles. The predicted molar refractivity (Wildman–Crippen MR) is 130 cm³/mol. The molecule has 0 N–H and O–H groups in total.